The molecule has 0 unspecified atom stereocenters. The predicted molar refractivity (Wildman–Crippen MR) is 129 cm³/mol. The normalized spacial score (nSPS) is 11.6. The second-order valence-corrected chi connectivity index (χ2v) is 8.34. The first-order chi connectivity index (χ1) is 15.3. The highest BCUT2D eigenvalue weighted by atomic mass is 16.6. The van der Waals surface area contributed by atoms with E-state index in [2.05, 4.69) is 26.8 Å². The molecule has 1 heterocycles. The van der Waals surface area contributed by atoms with Gasteiger partial charge in [-0.25, -0.2) is 0 Å². The number of nitro benzene ring substituents is 1. The molecule has 7 heteroatoms. The van der Waals surface area contributed by atoms with Crippen LogP contribution in [0.4, 0.5) is 5.69 Å². The van der Waals surface area contributed by atoms with Crippen molar-refractivity contribution in [3.63, 3.8) is 0 Å². The molecular weight excluding hydrogens is 408 g/mol. The van der Waals surface area contributed by atoms with E-state index in [-0.39, 0.29) is 23.8 Å². The van der Waals surface area contributed by atoms with Gasteiger partial charge >= 0.3 is 0 Å². The first-order valence-corrected chi connectivity index (χ1v) is 11.2. The maximum atomic E-state index is 13.2. The molecule has 0 aliphatic carbocycles. The number of aromatic nitrogens is 1. The molecule has 0 radical (unpaired) electrons. The Kier molecular flexibility index (Phi) is 9.50. The average Bonchev–Trinajstić information content (AvgIpc) is 2.74. The van der Waals surface area contributed by atoms with E-state index >= 15 is 0 Å². The second-order valence-electron chi connectivity index (χ2n) is 8.34. The van der Waals surface area contributed by atoms with Gasteiger partial charge in [0.05, 0.1) is 10.4 Å². The number of pyridine rings is 1. The number of non-ortho nitro benzene ring substituents is 1. The van der Waals surface area contributed by atoms with Crippen LogP contribution in [0.2, 0.25) is 0 Å². The van der Waals surface area contributed by atoms with Gasteiger partial charge in [-0.15, -0.1) is 0 Å². The van der Waals surface area contributed by atoms with Gasteiger partial charge in [0.25, 0.3) is 11.2 Å². The largest absolute Gasteiger partial charge is 0.504 e. The van der Waals surface area contributed by atoms with Crippen molar-refractivity contribution in [1.82, 2.24) is 4.57 Å². The third-order valence-corrected chi connectivity index (χ3v) is 5.38. The standard InChI is InChI=1S/C25H34N2O5/c1-5-6-7-8-15-26-22-17-20(27(30)31)12-13-21(22)23(28)24(25(26)29)32-16-14-19(4)11-9-10-18(2)3/h10,12-14,17,28H,5-9,11,15-16H2,1-4H3/b19-14+. The molecule has 1 N–H and O–H groups in total. The molecule has 0 saturated carbocycles. The molecule has 0 aliphatic heterocycles. The summed E-state index contributed by atoms with van der Waals surface area (Å²) in [6.07, 6.45) is 9.73. The zero-order chi connectivity index (χ0) is 23.7. The van der Waals surface area contributed by atoms with E-state index in [9.17, 15) is 20.0 Å². The van der Waals surface area contributed by atoms with Crippen LogP contribution in [0.5, 0.6) is 11.5 Å². The van der Waals surface area contributed by atoms with Gasteiger partial charge in [0.15, 0.2) is 5.75 Å². The van der Waals surface area contributed by atoms with Crippen molar-refractivity contribution >= 4 is 16.6 Å². The maximum Gasteiger partial charge on any atom is 0.297 e. The van der Waals surface area contributed by atoms with E-state index < -0.39 is 10.5 Å². The Hall–Kier alpha value is -3.09. The third-order valence-electron chi connectivity index (χ3n) is 5.38. The molecular formula is C25H34N2O5. The van der Waals surface area contributed by atoms with Crippen LogP contribution in [0.25, 0.3) is 10.9 Å². The van der Waals surface area contributed by atoms with E-state index in [1.807, 2.05) is 13.0 Å². The van der Waals surface area contributed by atoms with Gasteiger partial charge < -0.3 is 14.4 Å². The highest BCUT2D eigenvalue weighted by molar-refractivity contribution is 5.89. The van der Waals surface area contributed by atoms with Gasteiger partial charge in [-0.1, -0.05) is 43.4 Å². The van der Waals surface area contributed by atoms with Crippen molar-refractivity contribution in [2.75, 3.05) is 6.61 Å². The number of nitrogens with zero attached hydrogens (tertiary/aromatic N) is 2. The number of aromatic hydroxyl groups is 1. The minimum atomic E-state index is -0.504. The predicted octanol–water partition coefficient (Wildman–Crippen LogP) is 6.27. The summed E-state index contributed by atoms with van der Waals surface area (Å²) in [5.74, 6) is -0.393. The summed E-state index contributed by atoms with van der Waals surface area (Å²) in [7, 11) is 0. The number of ether oxygens (including phenoxy) is 1. The molecule has 1 aromatic heterocycles. The monoisotopic (exact) mass is 442 g/mol. The van der Waals surface area contributed by atoms with Crippen LogP contribution in [-0.2, 0) is 6.54 Å². The number of fused-ring (bicyclic) bond motifs is 1. The van der Waals surface area contributed by atoms with Gasteiger partial charge in [0, 0.05) is 24.1 Å². The van der Waals surface area contributed by atoms with Crippen LogP contribution in [-0.4, -0.2) is 21.2 Å². The molecule has 0 saturated heterocycles. The van der Waals surface area contributed by atoms with Crippen LogP contribution in [0.1, 0.15) is 66.2 Å². The van der Waals surface area contributed by atoms with Gasteiger partial charge in [-0.3, -0.25) is 14.9 Å². The molecule has 32 heavy (non-hydrogen) atoms. The Balaban J connectivity index is 2.36. The zero-order valence-electron chi connectivity index (χ0n) is 19.5. The quantitative estimate of drug-likeness (QED) is 0.181. The Bertz CT molecular complexity index is 1060. The van der Waals surface area contributed by atoms with Crippen molar-refractivity contribution < 1.29 is 14.8 Å². The molecule has 7 nitrogen and oxygen atoms in total. The summed E-state index contributed by atoms with van der Waals surface area (Å²) in [6.45, 7) is 8.81. The Labute approximate surface area is 189 Å². The van der Waals surface area contributed by atoms with E-state index in [1.54, 1.807) is 0 Å². The molecule has 0 atom stereocenters. The number of rotatable bonds is 12. The first kappa shape index (κ1) is 25.2. The van der Waals surface area contributed by atoms with E-state index in [0.717, 1.165) is 44.1 Å². The summed E-state index contributed by atoms with van der Waals surface area (Å²) in [6, 6.07) is 4.14. The minimum absolute atomic E-state index is 0.116. The summed E-state index contributed by atoms with van der Waals surface area (Å²) >= 11 is 0. The number of nitro groups is 1. The third kappa shape index (κ3) is 6.70. The SMILES string of the molecule is CCCCCCn1c(=O)c(OC/C=C(\C)CCC=C(C)C)c(O)c2ccc([N+](=O)[O-])cc21. The molecule has 0 bridgehead atoms. The lowest BCUT2D eigenvalue weighted by Crippen LogP contribution is -2.23. The summed E-state index contributed by atoms with van der Waals surface area (Å²) < 4.78 is 7.20. The van der Waals surface area contributed by atoms with Crippen molar-refractivity contribution in [3.8, 4) is 11.5 Å². The molecule has 0 spiro atoms. The summed E-state index contributed by atoms with van der Waals surface area (Å²) in [4.78, 5) is 23.9. The fourth-order valence-corrected chi connectivity index (χ4v) is 3.52. The summed E-state index contributed by atoms with van der Waals surface area (Å²) in [5.41, 5.74) is 2.16. The first-order valence-electron chi connectivity index (χ1n) is 11.2. The lowest BCUT2D eigenvalue weighted by molar-refractivity contribution is -0.384. The Morgan fingerprint density at radius 2 is 1.94 bits per heavy atom. The molecule has 0 amide bonds. The van der Waals surface area contributed by atoms with Crippen molar-refractivity contribution in [1.29, 1.82) is 0 Å². The number of allylic oxidation sites excluding steroid dienone is 3. The van der Waals surface area contributed by atoms with Crippen LogP contribution in [0.3, 0.4) is 0 Å². The molecule has 174 valence electrons. The van der Waals surface area contributed by atoms with Gasteiger partial charge in [-0.05, 0) is 52.2 Å². The molecule has 2 aromatic rings. The average molecular weight is 443 g/mol. The van der Waals surface area contributed by atoms with Crippen LogP contribution < -0.4 is 10.3 Å². The van der Waals surface area contributed by atoms with Crippen molar-refractivity contribution in [2.24, 2.45) is 0 Å². The van der Waals surface area contributed by atoms with Crippen LogP contribution >= 0.6 is 0 Å². The van der Waals surface area contributed by atoms with Gasteiger partial charge in [0.1, 0.15) is 6.61 Å². The highest BCUT2D eigenvalue weighted by Gasteiger charge is 2.20. The van der Waals surface area contributed by atoms with E-state index in [0.29, 0.717) is 17.4 Å². The molecule has 0 fully saturated rings. The lowest BCUT2D eigenvalue weighted by atomic mass is 10.1. The van der Waals surface area contributed by atoms with Crippen molar-refractivity contribution in [3.05, 3.63) is 62.0 Å². The number of hydrogen-bond donors (Lipinski definition) is 1. The smallest absolute Gasteiger partial charge is 0.297 e. The number of benzene rings is 1. The van der Waals surface area contributed by atoms with E-state index in [1.165, 1.54) is 28.3 Å². The zero-order valence-corrected chi connectivity index (χ0v) is 19.5. The van der Waals surface area contributed by atoms with Crippen LogP contribution in [0.15, 0.2) is 46.3 Å². The molecule has 2 rings (SSSR count). The highest BCUT2D eigenvalue weighted by Crippen LogP contribution is 2.33. The fraction of sp³-hybridized carbons (Fsp3) is 0.480. The second kappa shape index (κ2) is 12.1. The number of hydrogen-bond acceptors (Lipinski definition) is 5. The number of aryl methyl sites for hydroxylation is 1. The Morgan fingerprint density at radius 1 is 1.19 bits per heavy atom. The van der Waals surface area contributed by atoms with Crippen molar-refractivity contribution in [2.45, 2.75) is 72.8 Å². The van der Waals surface area contributed by atoms with E-state index in [4.69, 9.17) is 4.74 Å². The fourth-order valence-electron chi connectivity index (χ4n) is 3.52. The minimum Gasteiger partial charge on any atom is -0.504 e. The lowest BCUT2D eigenvalue weighted by Gasteiger charge is -2.15. The number of unbranched alkanes of at least 4 members (excludes halogenated alkanes) is 3. The van der Waals surface area contributed by atoms with Gasteiger partial charge in [-0.2, -0.15) is 0 Å². The molecule has 1 aromatic carbocycles. The maximum absolute atomic E-state index is 13.2. The van der Waals surface area contributed by atoms with Gasteiger partial charge in [0.2, 0.25) is 5.75 Å². The topological polar surface area (TPSA) is 94.6 Å². The van der Waals surface area contributed by atoms with Crippen LogP contribution in [0, 0.1) is 10.1 Å². The Morgan fingerprint density at radius 3 is 2.59 bits per heavy atom. The summed E-state index contributed by atoms with van der Waals surface area (Å²) in [5, 5.41) is 22.3. The molecule has 0 aliphatic rings.